The maximum Gasteiger partial charge on any atom is 0.397 e. The summed E-state index contributed by atoms with van der Waals surface area (Å²) in [6.07, 6.45) is 10.6. The van der Waals surface area contributed by atoms with Gasteiger partial charge >= 0.3 is 20.8 Å². The quantitative estimate of drug-likeness (QED) is 0.334. The summed E-state index contributed by atoms with van der Waals surface area (Å²) in [7, 11) is -8.93. The highest BCUT2D eigenvalue weighted by Gasteiger charge is 2.63. The molecule has 198 valence electrons. The molecule has 4 aliphatic rings. The number of hydrogen-bond donors (Lipinski definition) is 2. The van der Waals surface area contributed by atoms with Gasteiger partial charge in [-0.05, 0) is 104 Å². The fraction of sp³-hybridized carbons (Fsp3) is 1.00. The highest BCUT2D eigenvalue weighted by Crippen LogP contribution is 2.68. The Morgan fingerprint density at radius 3 is 2.29 bits per heavy atom. The Morgan fingerprint density at radius 2 is 1.62 bits per heavy atom. The molecule has 9 atom stereocenters. The van der Waals surface area contributed by atoms with E-state index in [2.05, 4.69) is 25.0 Å². The first-order valence-electron chi connectivity index (χ1n) is 13.0. The van der Waals surface area contributed by atoms with E-state index in [-0.39, 0.29) is 23.4 Å². The molecule has 2 N–H and O–H groups in total. The second-order valence-corrected chi connectivity index (χ2v) is 14.3. The van der Waals surface area contributed by atoms with Gasteiger partial charge in [0.05, 0.1) is 12.7 Å². The van der Waals surface area contributed by atoms with Crippen LogP contribution in [0.5, 0.6) is 0 Å². The van der Waals surface area contributed by atoms with Crippen LogP contribution in [0.15, 0.2) is 0 Å². The van der Waals surface area contributed by atoms with E-state index in [1.54, 1.807) is 0 Å². The van der Waals surface area contributed by atoms with E-state index in [1.807, 2.05) is 0 Å². The number of fused-ring (bicyclic) bond motifs is 5. The van der Waals surface area contributed by atoms with Crippen LogP contribution < -0.4 is 0 Å². The maximum absolute atomic E-state index is 11.8. The Labute approximate surface area is 205 Å². The van der Waals surface area contributed by atoms with Gasteiger partial charge in [0.2, 0.25) is 0 Å². The van der Waals surface area contributed by atoms with Crippen LogP contribution in [0.3, 0.4) is 0 Å². The fourth-order valence-electron chi connectivity index (χ4n) is 9.23. The molecule has 0 saturated heterocycles. The van der Waals surface area contributed by atoms with Crippen LogP contribution in [-0.2, 0) is 29.2 Å². The predicted molar refractivity (Wildman–Crippen MR) is 128 cm³/mol. The monoisotopic (exact) mass is 522 g/mol. The van der Waals surface area contributed by atoms with Crippen LogP contribution >= 0.6 is 0 Å². The van der Waals surface area contributed by atoms with Crippen molar-refractivity contribution in [3.63, 3.8) is 0 Å². The van der Waals surface area contributed by atoms with E-state index < -0.39 is 26.9 Å². The van der Waals surface area contributed by atoms with Gasteiger partial charge in [-0.25, -0.2) is 8.37 Å². The lowest BCUT2D eigenvalue weighted by Gasteiger charge is -2.62. The van der Waals surface area contributed by atoms with E-state index >= 15 is 0 Å². The normalized spacial score (nSPS) is 43.6. The molecule has 0 aliphatic heterocycles. The summed E-state index contributed by atoms with van der Waals surface area (Å²) in [6.45, 7) is 6.97. The second-order valence-electron chi connectivity index (χ2n) is 12.1. The van der Waals surface area contributed by atoms with E-state index in [0.29, 0.717) is 42.4 Å². The van der Waals surface area contributed by atoms with Crippen molar-refractivity contribution < 1.29 is 34.3 Å². The van der Waals surface area contributed by atoms with E-state index in [0.717, 1.165) is 38.5 Å². The molecule has 0 aromatic carbocycles. The Bertz CT molecular complexity index is 950. The molecule has 0 heterocycles. The zero-order valence-corrected chi connectivity index (χ0v) is 22.3. The van der Waals surface area contributed by atoms with Gasteiger partial charge in [0.15, 0.2) is 0 Å². The maximum atomic E-state index is 11.8. The summed E-state index contributed by atoms with van der Waals surface area (Å²) >= 11 is 0. The lowest BCUT2D eigenvalue weighted by molar-refractivity contribution is -0.158. The van der Waals surface area contributed by atoms with E-state index in [1.165, 1.54) is 19.3 Å². The summed E-state index contributed by atoms with van der Waals surface area (Å²) in [5, 5.41) is 0. The molecule has 0 bridgehead atoms. The van der Waals surface area contributed by atoms with Crippen molar-refractivity contribution in [3.8, 4) is 0 Å². The average Bonchev–Trinajstić information content (AvgIpc) is 3.07. The molecule has 34 heavy (non-hydrogen) atoms. The lowest BCUT2D eigenvalue weighted by Crippen LogP contribution is -2.58. The Morgan fingerprint density at radius 1 is 0.912 bits per heavy atom. The van der Waals surface area contributed by atoms with Gasteiger partial charge in [0.25, 0.3) is 0 Å². The third-order valence-corrected chi connectivity index (χ3v) is 11.6. The number of hydrogen-bond acceptors (Lipinski definition) is 6. The zero-order valence-electron chi connectivity index (χ0n) is 20.7. The molecule has 0 radical (unpaired) electrons. The summed E-state index contributed by atoms with van der Waals surface area (Å²) in [6, 6.07) is 0. The molecule has 4 fully saturated rings. The molecule has 0 aromatic rings. The molecule has 0 unspecified atom stereocenters. The van der Waals surface area contributed by atoms with Crippen LogP contribution in [0.25, 0.3) is 0 Å². The minimum Gasteiger partial charge on any atom is -0.264 e. The third-order valence-electron chi connectivity index (χ3n) is 10.6. The van der Waals surface area contributed by atoms with E-state index in [4.69, 9.17) is 8.74 Å². The fourth-order valence-corrected chi connectivity index (χ4v) is 10.1. The van der Waals surface area contributed by atoms with Gasteiger partial charge in [-0.3, -0.25) is 9.11 Å². The Hall–Kier alpha value is -0.260. The van der Waals surface area contributed by atoms with Crippen molar-refractivity contribution in [3.05, 3.63) is 0 Å². The van der Waals surface area contributed by atoms with Crippen molar-refractivity contribution in [2.75, 3.05) is 6.61 Å². The van der Waals surface area contributed by atoms with Gasteiger partial charge in [0.1, 0.15) is 0 Å². The molecule has 10 heteroatoms. The van der Waals surface area contributed by atoms with Crippen molar-refractivity contribution in [2.24, 2.45) is 46.3 Å². The first kappa shape index (κ1) is 26.8. The molecular weight excluding hydrogens is 480 g/mol. The van der Waals surface area contributed by atoms with Crippen LogP contribution in [-0.4, -0.2) is 38.7 Å². The predicted octanol–water partition coefficient (Wildman–Crippen LogP) is 5.07. The SMILES string of the molecule is C[C@H](CCCOS(=O)(=O)O)[C@H]1CC[C@H]2[C@@H]3[C@@H](OS(=O)(=O)O)C[C@@H]4CCCC[C@]4(C)[C@H]3CC[C@]12C. The highest BCUT2D eigenvalue weighted by molar-refractivity contribution is 7.81. The van der Waals surface area contributed by atoms with Crippen molar-refractivity contribution in [1.82, 2.24) is 0 Å². The minimum absolute atomic E-state index is 0.0231. The lowest BCUT2D eigenvalue weighted by atomic mass is 9.44. The van der Waals surface area contributed by atoms with Gasteiger partial charge in [-0.2, -0.15) is 16.8 Å². The first-order valence-corrected chi connectivity index (χ1v) is 15.8. The largest absolute Gasteiger partial charge is 0.397 e. The summed E-state index contributed by atoms with van der Waals surface area (Å²) in [5.41, 5.74) is 0.267. The van der Waals surface area contributed by atoms with E-state index in [9.17, 15) is 21.4 Å². The van der Waals surface area contributed by atoms with Crippen LogP contribution in [0.4, 0.5) is 0 Å². The Balaban J connectivity index is 1.54. The molecular formula is C24H42O8S2. The van der Waals surface area contributed by atoms with Gasteiger partial charge in [-0.1, -0.05) is 33.6 Å². The zero-order chi connectivity index (χ0) is 24.9. The number of rotatable bonds is 8. The van der Waals surface area contributed by atoms with Crippen LogP contribution in [0.2, 0.25) is 0 Å². The molecule has 0 spiro atoms. The molecule has 4 rings (SSSR count). The highest BCUT2D eigenvalue weighted by atomic mass is 32.3. The van der Waals surface area contributed by atoms with Crippen molar-refractivity contribution in [1.29, 1.82) is 0 Å². The van der Waals surface area contributed by atoms with Crippen LogP contribution in [0.1, 0.15) is 91.4 Å². The average molecular weight is 523 g/mol. The van der Waals surface area contributed by atoms with Gasteiger partial charge < -0.3 is 0 Å². The standard InChI is InChI=1S/C24H42O8S2/c1-16(7-6-14-31-33(25,26)27)18-9-10-19-22-20(11-13-24(18,19)3)23(2)12-5-4-8-17(23)15-21(22)32-34(28,29)30/h16-22H,4-15H2,1-3H3,(H,25,26,27)(H,28,29,30)/t16-,17+,18-,19+,20+,21+,22+,23+,24-/m1/s1. The Kier molecular flexibility index (Phi) is 7.53. The molecule has 4 saturated carbocycles. The molecule has 0 aromatic heterocycles. The van der Waals surface area contributed by atoms with Crippen molar-refractivity contribution in [2.45, 2.75) is 97.5 Å². The third kappa shape index (κ3) is 5.23. The second kappa shape index (κ2) is 9.56. The smallest absolute Gasteiger partial charge is 0.264 e. The minimum atomic E-state index is -4.52. The summed E-state index contributed by atoms with van der Waals surface area (Å²) < 4.78 is 73.7. The topological polar surface area (TPSA) is 127 Å². The molecule has 8 nitrogen and oxygen atoms in total. The van der Waals surface area contributed by atoms with Gasteiger partial charge in [-0.15, -0.1) is 0 Å². The van der Waals surface area contributed by atoms with Crippen molar-refractivity contribution >= 4 is 20.8 Å². The van der Waals surface area contributed by atoms with Gasteiger partial charge in [0, 0.05) is 0 Å². The molecule has 0 amide bonds. The molecule has 4 aliphatic carbocycles. The summed E-state index contributed by atoms with van der Waals surface area (Å²) in [5.74, 6) is 2.14. The first-order chi connectivity index (χ1) is 15.7. The van der Waals surface area contributed by atoms with Crippen LogP contribution in [0, 0.1) is 46.3 Å². The summed E-state index contributed by atoms with van der Waals surface area (Å²) in [4.78, 5) is 0.